The first-order valence-corrected chi connectivity index (χ1v) is 9.64. The lowest BCUT2D eigenvalue weighted by molar-refractivity contribution is 0.549. The van der Waals surface area contributed by atoms with Crippen LogP contribution >= 0.6 is 0 Å². The smallest absolute Gasteiger partial charge is 0.332 e. The average Bonchev–Trinajstić information content (AvgIpc) is 3.23. The van der Waals surface area contributed by atoms with Crippen molar-refractivity contribution in [3.63, 3.8) is 0 Å². The molecule has 0 radical (unpaired) electrons. The molecule has 1 aliphatic heterocycles. The minimum atomic E-state index is -0.303. The summed E-state index contributed by atoms with van der Waals surface area (Å²) < 4.78 is 2.65. The molecule has 0 bridgehead atoms. The normalized spacial score (nSPS) is 16.3. The molecule has 4 rings (SSSR count). The van der Waals surface area contributed by atoms with Crippen molar-refractivity contribution in [2.45, 2.75) is 19.0 Å². The van der Waals surface area contributed by atoms with Gasteiger partial charge in [0.25, 0.3) is 5.56 Å². The van der Waals surface area contributed by atoms with Gasteiger partial charge in [-0.3, -0.25) is 23.9 Å². The van der Waals surface area contributed by atoms with Gasteiger partial charge in [0.1, 0.15) is 5.82 Å². The third kappa shape index (κ3) is 3.97. The molecular formula is C21H24N6O2. The molecule has 3 aromatic heterocycles. The van der Waals surface area contributed by atoms with E-state index < -0.39 is 0 Å². The number of hydrogen-bond donors (Lipinski definition) is 1. The molecule has 0 aromatic carbocycles. The standard InChI is InChI=1S/C21H24N6O2/c1-25-19(11-20(28)26(2)21(25)29)27-10-8-16(14-27)23-12-15-6-7-18(24-13-15)17-5-3-4-9-22-17/h3-7,9,11,13,16,23H,8,10,12,14H2,1-2H3/t16-/m1/s1. The van der Waals surface area contributed by atoms with Gasteiger partial charge < -0.3 is 10.2 Å². The minimum absolute atomic E-state index is 0.279. The van der Waals surface area contributed by atoms with Crippen molar-refractivity contribution in [3.05, 3.63) is 75.2 Å². The maximum atomic E-state index is 12.2. The molecule has 8 heteroatoms. The van der Waals surface area contributed by atoms with Crippen molar-refractivity contribution in [2.24, 2.45) is 14.1 Å². The Balaban J connectivity index is 1.38. The van der Waals surface area contributed by atoms with Gasteiger partial charge in [-0.2, -0.15) is 0 Å². The summed E-state index contributed by atoms with van der Waals surface area (Å²) in [5.41, 5.74) is 2.23. The highest BCUT2D eigenvalue weighted by atomic mass is 16.2. The molecule has 0 aliphatic carbocycles. The van der Waals surface area contributed by atoms with E-state index in [0.29, 0.717) is 12.4 Å². The molecule has 3 aromatic rings. The van der Waals surface area contributed by atoms with Crippen molar-refractivity contribution in [2.75, 3.05) is 18.0 Å². The maximum Gasteiger partial charge on any atom is 0.332 e. The predicted octanol–water partition coefficient (Wildman–Crippen LogP) is 0.909. The number of nitrogens with one attached hydrogen (secondary N) is 1. The zero-order valence-corrected chi connectivity index (χ0v) is 16.6. The Labute approximate surface area is 168 Å². The summed E-state index contributed by atoms with van der Waals surface area (Å²) in [7, 11) is 3.20. The Hall–Kier alpha value is -3.26. The molecule has 1 atom stereocenters. The number of anilines is 1. The Kier molecular flexibility index (Phi) is 5.26. The SMILES string of the molecule is Cn1c(N2CC[C@@H](NCc3ccc(-c4ccccn4)nc3)C2)cc(=O)n(C)c1=O. The molecule has 1 N–H and O–H groups in total. The van der Waals surface area contributed by atoms with Crippen molar-refractivity contribution < 1.29 is 0 Å². The molecular weight excluding hydrogens is 368 g/mol. The van der Waals surface area contributed by atoms with Crippen molar-refractivity contribution in [1.29, 1.82) is 0 Å². The molecule has 0 spiro atoms. The van der Waals surface area contributed by atoms with E-state index in [2.05, 4.69) is 26.3 Å². The summed E-state index contributed by atoms with van der Waals surface area (Å²) in [5.74, 6) is 0.670. The zero-order chi connectivity index (χ0) is 20.4. The Morgan fingerprint density at radius 3 is 2.62 bits per heavy atom. The van der Waals surface area contributed by atoms with Gasteiger partial charge in [0, 0.05) is 58.2 Å². The average molecular weight is 392 g/mol. The molecule has 0 unspecified atom stereocenters. The topological polar surface area (TPSA) is 85.1 Å². The van der Waals surface area contributed by atoms with Gasteiger partial charge in [0.15, 0.2) is 0 Å². The van der Waals surface area contributed by atoms with Crippen LogP contribution in [0.25, 0.3) is 11.4 Å². The number of pyridine rings is 2. The monoisotopic (exact) mass is 392 g/mol. The van der Waals surface area contributed by atoms with Gasteiger partial charge in [-0.1, -0.05) is 12.1 Å². The van der Waals surface area contributed by atoms with Crippen LogP contribution < -0.4 is 21.5 Å². The minimum Gasteiger partial charge on any atom is -0.356 e. The van der Waals surface area contributed by atoms with E-state index in [1.54, 1.807) is 13.2 Å². The largest absolute Gasteiger partial charge is 0.356 e. The fourth-order valence-electron chi connectivity index (χ4n) is 3.62. The van der Waals surface area contributed by atoms with Crippen LogP contribution in [0.1, 0.15) is 12.0 Å². The second-order valence-corrected chi connectivity index (χ2v) is 7.32. The molecule has 1 aliphatic rings. The summed E-state index contributed by atoms with van der Waals surface area (Å²) in [5, 5.41) is 3.55. The first-order valence-electron chi connectivity index (χ1n) is 9.64. The lowest BCUT2D eigenvalue weighted by Crippen LogP contribution is -2.40. The number of nitrogens with zero attached hydrogens (tertiary/aromatic N) is 5. The first kappa shape index (κ1) is 19.1. The Morgan fingerprint density at radius 1 is 1.07 bits per heavy atom. The van der Waals surface area contributed by atoms with Crippen LogP contribution in [-0.4, -0.2) is 38.2 Å². The van der Waals surface area contributed by atoms with E-state index >= 15 is 0 Å². The number of aromatic nitrogens is 4. The third-order valence-electron chi connectivity index (χ3n) is 5.36. The molecule has 1 saturated heterocycles. The summed E-state index contributed by atoms with van der Waals surface area (Å²) in [6.45, 7) is 2.26. The van der Waals surface area contributed by atoms with Crippen LogP contribution in [0, 0.1) is 0 Å². The van der Waals surface area contributed by atoms with Crippen LogP contribution in [0.3, 0.4) is 0 Å². The highest BCUT2D eigenvalue weighted by Crippen LogP contribution is 2.18. The predicted molar refractivity (Wildman–Crippen MR) is 112 cm³/mol. The van der Waals surface area contributed by atoms with Crippen LogP contribution in [0.5, 0.6) is 0 Å². The Morgan fingerprint density at radius 2 is 1.90 bits per heavy atom. The van der Waals surface area contributed by atoms with Gasteiger partial charge in [-0.15, -0.1) is 0 Å². The highest BCUT2D eigenvalue weighted by molar-refractivity contribution is 5.53. The second kappa shape index (κ2) is 8.00. The number of hydrogen-bond acceptors (Lipinski definition) is 6. The van der Waals surface area contributed by atoms with E-state index in [0.717, 1.165) is 41.0 Å². The molecule has 0 amide bonds. The van der Waals surface area contributed by atoms with Crippen molar-refractivity contribution >= 4 is 5.82 Å². The highest BCUT2D eigenvalue weighted by Gasteiger charge is 2.24. The lowest BCUT2D eigenvalue weighted by Gasteiger charge is -2.21. The van der Waals surface area contributed by atoms with E-state index in [-0.39, 0.29) is 17.3 Å². The van der Waals surface area contributed by atoms with Gasteiger partial charge in [0.05, 0.1) is 11.4 Å². The quantitative estimate of drug-likeness (QED) is 0.695. The zero-order valence-electron chi connectivity index (χ0n) is 16.6. The summed E-state index contributed by atoms with van der Waals surface area (Å²) in [6.07, 6.45) is 4.58. The fraction of sp³-hybridized carbons (Fsp3) is 0.333. The summed E-state index contributed by atoms with van der Waals surface area (Å²) in [4.78, 5) is 35.1. The van der Waals surface area contributed by atoms with Gasteiger partial charge in [0.2, 0.25) is 0 Å². The van der Waals surface area contributed by atoms with Gasteiger partial charge >= 0.3 is 5.69 Å². The molecule has 1 fully saturated rings. The third-order valence-corrected chi connectivity index (χ3v) is 5.36. The van der Waals surface area contributed by atoms with Crippen molar-refractivity contribution in [3.8, 4) is 11.4 Å². The summed E-state index contributed by atoms with van der Waals surface area (Å²) in [6, 6.07) is 11.6. The molecule has 8 nitrogen and oxygen atoms in total. The Bertz CT molecular complexity index is 1100. The molecule has 29 heavy (non-hydrogen) atoms. The molecule has 0 saturated carbocycles. The number of rotatable bonds is 5. The van der Waals surface area contributed by atoms with E-state index in [1.165, 1.54) is 17.7 Å². The van der Waals surface area contributed by atoms with Crippen LogP contribution in [0.2, 0.25) is 0 Å². The second-order valence-electron chi connectivity index (χ2n) is 7.32. The lowest BCUT2D eigenvalue weighted by atomic mass is 10.2. The van der Waals surface area contributed by atoms with Crippen molar-refractivity contribution in [1.82, 2.24) is 24.4 Å². The summed E-state index contributed by atoms with van der Waals surface area (Å²) >= 11 is 0. The molecule has 4 heterocycles. The van der Waals surface area contributed by atoms with Gasteiger partial charge in [-0.05, 0) is 30.2 Å². The van der Waals surface area contributed by atoms with Gasteiger partial charge in [-0.25, -0.2) is 4.79 Å². The van der Waals surface area contributed by atoms with E-state index in [9.17, 15) is 9.59 Å². The van der Waals surface area contributed by atoms with E-state index in [1.807, 2.05) is 30.5 Å². The maximum absolute atomic E-state index is 12.2. The van der Waals surface area contributed by atoms with E-state index in [4.69, 9.17) is 0 Å². The first-order chi connectivity index (χ1) is 14.0. The van der Waals surface area contributed by atoms with Crippen LogP contribution in [0.15, 0.2) is 58.4 Å². The van der Waals surface area contributed by atoms with Crippen LogP contribution in [0.4, 0.5) is 5.82 Å². The molecule has 150 valence electrons. The fourth-order valence-corrected chi connectivity index (χ4v) is 3.62. The van der Waals surface area contributed by atoms with Crippen LogP contribution in [-0.2, 0) is 20.6 Å².